The fourth-order valence-electron chi connectivity index (χ4n) is 4.67. The lowest BCUT2D eigenvalue weighted by molar-refractivity contribution is -0.139. The van der Waals surface area contributed by atoms with Gasteiger partial charge in [0.1, 0.15) is 6.04 Å². The van der Waals surface area contributed by atoms with Gasteiger partial charge in [0, 0.05) is 18.7 Å². The molecule has 0 aliphatic carbocycles. The average molecular weight is 573 g/mol. The van der Waals surface area contributed by atoms with Crippen molar-refractivity contribution in [3.05, 3.63) is 124 Å². The molecule has 0 radical (unpaired) electrons. The molecule has 0 unspecified atom stereocenters. The molecule has 0 saturated heterocycles. The molecule has 0 saturated carbocycles. The zero-order valence-electron chi connectivity index (χ0n) is 22.6. The number of hydrogen-bond donors (Lipinski definition) is 2. The monoisotopic (exact) mass is 572 g/mol. The molecule has 4 aromatic carbocycles. The number of halogens is 1. The summed E-state index contributed by atoms with van der Waals surface area (Å²) in [5, 5.41) is 13.1. The smallest absolute Gasteiger partial charge is 0.326 e. The van der Waals surface area contributed by atoms with Gasteiger partial charge in [-0.1, -0.05) is 84.4 Å². The summed E-state index contributed by atoms with van der Waals surface area (Å²) in [5.74, 6) is -0.793. The van der Waals surface area contributed by atoms with Gasteiger partial charge in [0.2, 0.25) is 0 Å². The fourth-order valence-corrected chi connectivity index (χ4v) is 5.40. The molecule has 4 aromatic rings. The number of rotatable bonds is 12. The number of thioether (sulfide) groups is 1. The fraction of sp³-hybridized carbons (Fsp3) is 0.212. The highest BCUT2D eigenvalue weighted by atomic mass is 35.5. The number of nitrogens with one attached hydrogen (secondary N) is 1. The van der Waals surface area contributed by atoms with Crippen LogP contribution in [-0.2, 0) is 17.9 Å². The number of aliphatic carboxylic acids is 1. The maximum Gasteiger partial charge on any atom is 0.326 e. The van der Waals surface area contributed by atoms with Gasteiger partial charge in [-0.25, -0.2) is 4.79 Å². The zero-order chi connectivity index (χ0) is 28.5. The molecule has 0 aliphatic heterocycles. The first-order valence-corrected chi connectivity index (χ1v) is 14.9. The molecule has 0 spiro atoms. The number of carbonyl (C=O) groups is 2. The number of para-hydroxylation sites is 1. The summed E-state index contributed by atoms with van der Waals surface area (Å²) in [6.45, 7) is 3.22. The number of amides is 1. The van der Waals surface area contributed by atoms with Crippen LogP contribution in [0.1, 0.15) is 33.5 Å². The quantitative estimate of drug-likeness (QED) is 0.184. The molecule has 2 N–H and O–H groups in total. The van der Waals surface area contributed by atoms with Crippen LogP contribution >= 0.6 is 23.4 Å². The molecule has 206 valence electrons. The molecule has 5 nitrogen and oxygen atoms in total. The number of aryl methyl sites for hydroxylation is 1. The minimum atomic E-state index is -1.03. The van der Waals surface area contributed by atoms with Crippen LogP contribution in [0.2, 0.25) is 5.02 Å². The van der Waals surface area contributed by atoms with Crippen molar-refractivity contribution in [3.63, 3.8) is 0 Å². The number of benzene rings is 4. The first kappa shape index (κ1) is 29.2. The number of carbonyl (C=O) groups excluding carboxylic acids is 1. The van der Waals surface area contributed by atoms with Crippen LogP contribution in [0, 0.1) is 6.92 Å². The first-order valence-electron chi connectivity index (χ1n) is 13.1. The normalized spacial score (nSPS) is 11.6. The molecule has 1 amide bonds. The summed E-state index contributed by atoms with van der Waals surface area (Å²) in [7, 11) is 0. The van der Waals surface area contributed by atoms with Crippen molar-refractivity contribution in [2.45, 2.75) is 32.5 Å². The van der Waals surface area contributed by atoms with E-state index in [1.165, 1.54) is 0 Å². The Bertz CT molecular complexity index is 1460. The molecule has 40 heavy (non-hydrogen) atoms. The van der Waals surface area contributed by atoms with E-state index in [1.807, 2.05) is 92.0 Å². The largest absolute Gasteiger partial charge is 0.480 e. The number of carboxylic acids is 1. The molecule has 0 heterocycles. The van der Waals surface area contributed by atoms with Crippen molar-refractivity contribution < 1.29 is 14.7 Å². The second-order valence-electron chi connectivity index (χ2n) is 9.63. The van der Waals surface area contributed by atoms with E-state index in [0.29, 0.717) is 35.8 Å². The van der Waals surface area contributed by atoms with Crippen molar-refractivity contribution >= 4 is 40.9 Å². The summed E-state index contributed by atoms with van der Waals surface area (Å²) in [4.78, 5) is 27.5. The molecule has 7 heteroatoms. The highest BCUT2D eigenvalue weighted by Gasteiger charge is 2.23. The Balaban J connectivity index is 1.72. The van der Waals surface area contributed by atoms with Crippen molar-refractivity contribution in [2.24, 2.45) is 0 Å². The van der Waals surface area contributed by atoms with Crippen LogP contribution in [0.4, 0.5) is 5.69 Å². The van der Waals surface area contributed by atoms with Gasteiger partial charge in [0.25, 0.3) is 5.91 Å². The van der Waals surface area contributed by atoms with Crippen molar-refractivity contribution in [2.75, 3.05) is 16.9 Å². The predicted octanol–water partition coefficient (Wildman–Crippen LogP) is 7.46. The van der Waals surface area contributed by atoms with Crippen molar-refractivity contribution in [1.29, 1.82) is 0 Å². The van der Waals surface area contributed by atoms with E-state index in [4.69, 9.17) is 11.6 Å². The third kappa shape index (κ3) is 7.46. The van der Waals surface area contributed by atoms with Gasteiger partial charge in [0.15, 0.2) is 0 Å². The Hall–Kier alpha value is -3.74. The van der Waals surface area contributed by atoms with Gasteiger partial charge < -0.3 is 15.3 Å². The maximum absolute atomic E-state index is 13.5. The third-order valence-corrected chi connectivity index (χ3v) is 7.72. The van der Waals surface area contributed by atoms with Crippen LogP contribution in [-0.4, -0.2) is 35.0 Å². The molecule has 0 bridgehead atoms. The van der Waals surface area contributed by atoms with E-state index in [0.717, 1.165) is 33.5 Å². The lowest BCUT2D eigenvalue weighted by atomic mass is 9.93. The second kappa shape index (κ2) is 14.1. The third-order valence-electron chi connectivity index (χ3n) is 6.76. The van der Waals surface area contributed by atoms with E-state index in [-0.39, 0.29) is 0 Å². The van der Waals surface area contributed by atoms with E-state index in [1.54, 1.807) is 17.8 Å². The van der Waals surface area contributed by atoms with Gasteiger partial charge in [-0.15, -0.1) is 0 Å². The number of nitrogens with zero attached hydrogens (tertiary/aromatic N) is 1. The number of carboxylic acid groups (broad SMARTS) is 1. The van der Waals surface area contributed by atoms with E-state index < -0.39 is 17.9 Å². The Morgan fingerprint density at radius 3 is 2.25 bits per heavy atom. The standard InChI is InChI=1S/C33H33ClN2O3S/c1-23-10-6-7-13-26(23)28-20-25(16-17-27(28)32(37)35-30(33(38)39)18-19-40-2)22-36(21-24-11-4-3-5-12-24)31-15-9-8-14-29(31)34/h3-17,20,30H,18-19,21-22H2,1-2H3,(H,35,37)(H,38,39)/t30-/m0/s1. The molecule has 0 aliphatic rings. The van der Waals surface area contributed by atoms with E-state index >= 15 is 0 Å². The second-order valence-corrected chi connectivity index (χ2v) is 11.0. The molecular formula is C33H33ClN2O3S. The molecular weight excluding hydrogens is 540 g/mol. The highest BCUT2D eigenvalue weighted by Crippen LogP contribution is 2.32. The van der Waals surface area contributed by atoms with Gasteiger partial charge in [0.05, 0.1) is 10.7 Å². The minimum absolute atomic E-state index is 0.353. The molecule has 1 atom stereocenters. The van der Waals surface area contributed by atoms with Gasteiger partial charge in [-0.3, -0.25) is 4.79 Å². The van der Waals surface area contributed by atoms with E-state index in [2.05, 4.69) is 22.3 Å². The van der Waals surface area contributed by atoms with E-state index in [9.17, 15) is 14.7 Å². The van der Waals surface area contributed by atoms with Crippen LogP contribution in [0.15, 0.2) is 97.1 Å². The summed E-state index contributed by atoms with van der Waals surface area (Å²) in [6, 6.07) is 30.7. The Labute approximate surface area is 245 Å². The lowest BCUT2D eigenvalue weighted by Crippen LogP contribution is -2.41. The van der Waals surface area contributed by atoms with Crippen LogP contribution in [0.25, 0.3) is 11.1 Å². The number of hydrogen-bond acceptors (Lipinski definition) is 4. The van der Waals surface area contributed by atoms with Crippen LogP contribution in [0.3, 0.4) is 0 Å². The first-order chi connectivity index (χ1) is 19.4. The minimum Gasteiger partial charge on any atom is -0.480 e. The Kier molecular flexibility index (Phi) is 10.3. The van der Waals surface area contributed by atoms with Crippen LogP contribution in [0.5, 0.6) is 0 Å². The molecule has 4 rings (SSSR count). The maximum atomic E-state index is 13.5. The van der Waals surface area contributed by atoms with Gasteiger partial charge in [-0.05, 0) is 77.4 Å². The average Bonchev–Trinajstić information content (AvgIpc) is 2.95. The van der Waals surface area contributed by atoms with Crippen molar-refractivity contribution in [3.8, 4) is 11.1 Å². The highest BCUT2D eigenvalue weighted by molar-refractivity contribution is 7.98. The van der Waals surface area contributed by atoms with Gasteiger partial charge >= 0.3 is 5.97 Å². The zero-order valence-corrected chi connectivity index (χ0v) is 24.2. The predicted molar refractivity (Wildman–Crippen MR) is 166 cm³/mol. The number of anilines is 1. The molecule has 0 fully saturated rings. The summed E-state index contributed by atoms with van der Waals surface area (Å²) in [6.07, 6.45) is 2.27. The molecule has 0 aromatic heterocycles. The Morgan fingerprint density at radius 2 is 1.55 bits per heavy atom. The Morgan fingerprint density at radius 1 is 0.875 bits per heavy atom. The summed E-state index contributed by atoms with van der Waals surface area (Å²) in [5.41, 5.74) is 6.24. The lowest BCUT2D eigenvalue weighted by Gasteiger charge is -2.27. The summed E-state index contributed by atoms with van der Waals surface area (Å²) >= 11 is 8.18. The van der Waals surface area contributed by atoms with Gasteiger partial charge in [-0.2, -0.15) is 11.8 Å². The SMILES string of the molecule is CSCC[C@H](NC(=O)c1ccc(CN(Cc2ccccc2)c2ccccc2Cl)cc1-c1ccccc1C)C(=O)O. The van der Waals surface area contributed by atoms with Crippen molar-refractivity contribution in [1.82, 2.24) is 5.32 Å². The summed E-state index contributed by atoms with van der Waals surface area (Å²) < 4.78 is 0. The topological polar surface area (TPSA) is 69.6 Å². The van der Waals surface area contributed by atoms with Crippen LogP contribution < -0.4 is 10.2 Å².